The standard InChI is InChI=1S/C15H20FNO2/c1-3-17(6-8-19-2)12-14-9-13(5-4-7-18)10-15(16)11-14/h9-11,18H,3,6-8,12H2,1-2H3. The zero-order chi connectivity index (χ0) is 14.1. The van der Waals surface area contributed by atoms with Crippen LogP contribution in [0.4, 0.5) is 4.39 Å². The predicted octanol–water partition coefficient (Wildman–Crippen LogP) is 1.64. The Morgan fingerprint density at radius 3 is 2.79 bits per heavy atom. The minimum atomic E-state index is -0.303. The van der Waals surface area contributed by atoms with Crippen molar-refractivity contribution in [3.8, 4) is 11.8 Å². The Morgan fingerprint density at radius 2 is 2.16 bits per heavy atom. The van der Waals surface area contributed by atoms with Gasteiger partial charge in [0, 0.05) is 25.8 Å². The molecule has 4 heteroatoms. The first-order valence-corrected chi connectivity index (χ1v) is 6.30. The third-order valence-corrected chi connectivity index (χ3v) is 2.73. The number of aliphatic hydroxyl groups excluding tert-OH is 1. The number of halogens is 1. The van der Waals surface area contributed by atoms with Gasteiger partial charge in [0.1, 0.15) is 12.4 Å². The molecule has 0 aliphatic rings. The molecule has 0 atom stereocenters. The van der Waals surface area contributed by atoms with Crippen LogP contribution < -0.4 is 0 Å². The van der Waals surface area contributed by atoms with Crippen LogP contribution in [0.2, 0.25) is 0 Å². The summed E-state index contributed by atoms with van der Waals surface area (Å²) in [4.78, 5) is 2.17. The van der Waals surface area contributed by atoms with Gasteiger partial charge in [-0.1, -0.05) is 18.8 Å². The van der Waals surface area contributed by atoms with E-state index in [0.29, 0.717) is 18.7 Å². The molecule has 104 valence electrons. The summed E-state index contributed by atoms with van der Waals surface area (Å²) in [5, 5.41) is 8.66. The van der Waals surface area contributed by atoms with Gasteiger partial charge >= 0.3 is 0 Å². The van der Waals surface area contributed by atoms with Gasteiger partial charge < -0.3 is 9.84 Å². The molecule has 1 rings (SSSR count). The van der Waals surface area contributed by atoms with Gasteiger partial charge in [-0.25, -0.2) is 4.39 Å². The van der Waals surface area contributed by atoms with Crippen molar-refractivity contribution in [1.82, 2.24) is 4.90 Å². The summed E-state index contributed by atoms with van der Waals surface area (Å²) in [6.07, 6.45) is 0. The van der Waals surface area contributed by atoms with Crippen molar-refractivity contribution in [3.05, 3.63) is 35.1 Å². The zero-order valence-electron chi connectivity index (χ0n) is 11.4. The maximum Gasteiger partial charge on any atom is 0.124 e. The number of nitrogens with zero attached hydrogens (tertiary/aromatic N) is 1. The largest absolute Gasteiger partial charge is 0.384 e. The first kappa shape index (κ1) is 15.6. The second-order valence-electron chi connectivity index (χ2n) is 4.17. The van der Waals surface area contributed by atoms with Crippen LogP contribution in [-0.4, -0.2) is 43.4 Å². The fraction of sp³-hybridized carbons (Fsp3) is 0.467. The molecule has 0 unspecified atom stereocenters. The molecule has 0 radical (unpaired) electrons. The molecular formula is C15H20FNO2. The Kier molecular flexibility index (Phi) is 7.12. The van der Waals surface area contributed by atoms with E-state index in [4.69, 9.17) is 9.84 Å². The van der Waals surface area contributed by atoms with Gasteiger partial charge in [-0.3, -0.25) is 4.90 Å². The molecule has 19 heavy (non-hydrogen) atoms. The summed E-state index contributed by atoms with van der Waals surface area (Å²) in [6, 6.07) is 4.73. The number of methoxy groups -OCH3 is 1. The lowest BCUT2D eigenvalue weighted by atomic mass is 10.1. The quantitative estimate of drug-likeness (QED) is 0.794. The minimum Gasteiger partial charge on any atom is -0.384 e. The number of hydrogen-bond acceptors (Lipinski definition) is 3. The third kappa shape index (κ3) is 5.84. The van der Waals surface area contributed by atoms with Gasteiger partial charge in [0.2, 0.25) is 0 Å². The monoisotopic (exact) mass is 265 g/mol. The number of aliphatic hydroxyl groups is 1. The lowest BCUT2D eigenvalue weighted by molar-refractivity contribution is 0.147. The van der Waals surface area contributed by atoms with Crippen LogP contribution in [0.25, 0.3) is 0 Å². The second kappa shape index (κ2) is 8.65. The summed E-state index contributed by atoms with van der Waals surface area (Å²) in [6.45, 7) is 4.83. The second-order valence-corrected chi connectivity index (χ2v) is 4.17. The van der Waals surface area contributed by atoms with Crippen LogP contribution in [0.15, 0.2) is 18.2 Å². The van der Waals surface area contributed by atoms with Gasteiger partial charge in [-0.05, 0) is 30.3 Å². The Hall–Kier alpha value is -1.41. The normalized spacial score (nSPS) is 10.4. The van der Waals surface area contributed by atoms with Crippen LogP contribution in [0, 0.1) is 17.7 Å². The van der Waals surface area contributed by atoms with Crippen LogP contribution in [0.3, 0.4) is 0 Å². The van der Waals surface area contributed by atoms with E-state index >= 15 is 0 Å². The predicted molar refractivity (Wildman–Crippen MR) is 73.2 cm³/mol. The van der Waals surface area contributed by atoms with Gasteiger partial charge in [0.15, 0.2) is 0 Å². The van der Waals surface area contributed by atoms with Crippen LogP contribution in [-0.2, 0) is 11.3 Å². The lowest BCUT2D eigenvalue weighted by Gasteiger charge is -2.20. The van der Waals surface area contributed by atoms with Gasteiger partial charge in [0.05, 0.1) is 6.61 Å². The van der Waals surface area contributed by atoms with E-state index in [0.717, 1.165) is 18.7 Å². The molecule has 0 heterocycles. The molecule has 1 N–H and O–H groups in total. The van der Waals surface area contributed by atoms with Crippen molar-refractivity contribution < 1.29 is 14.2 Å². The fourth-order valence-corrected chi connectivity index (χ4v) is 1.78. The van der Waals surface area contributed by atoms with E-state index < -0.39 is 0 Å². The first-order chi connectivity index (χ1) is 9.19. The molecular weight excluding hydrogens is 245 g/mol. The topological polar surface area (TPSA) is 32.7 Å². The molecule has 0 saturated carbocycles. The molecule has 0 aromatic heterocycles. The van der Waals surface area contributed by atoms with Crippen LogP contribution in [0.5, 0.6) is 0 Å². The first-order valence-electron chi connectivity index (χ1n) is 6.30. The van der Waals surface area contributed by atoms with E-state index in [1.54, 1.807) is 7.11 Å². The van der Waals surface area contributed by atoms with Crippen molar-refractivity contribution in [3.63, 3.8) is 0 Å². The smallest absolute Gasteiger partial charge is 0.124 e. The van der Waals surface area contributed by atoms with E-state index in [9.17, 15) is 4.39 Å². The SMILES string of the molecule is CCN(CCOC)Cc1cc(F)cc(C#CCO)c1. The number of ether oxygens (including phenoxy) is 1. The van der Waals surface area contributed by atoms with Gasteiger partial charge in [-0.15, -0.1) is 0 Å². The molecule has 0 aliphatic carbocycles. The number of benzene rings is 1. The van der Waals surface area contributed by atoms with Gasteiger partial charge in [-0.2, -0.15) is 0 Å². The van der Waals surface area contributed by atoms with Crippen LogP contribution in [0.1, 0.15) is 18.1 Å². The molecule has 0 amide bonds. The summed E-state index contributed by atoms with van der Waals surface area (Å²) >= 11 is 0. The summed E-state index contributed by atoms with van der Waals surface area (Å²) in [5.74, 6) is 4.95. The summed E-state index contributed by atoms with van der Waals surface area (Å²) in [5.41, 5.74) is 1.46. The Bertz CT molecular complexity index is 451. The molecule has 0 bridgehead atoms. The fourth-order valence-electron chi connectivity index (χ4n) is 1.78. The van der Waals surface area contributed by atoms with Crippen LogP contribution >= 0.6 is 0 Å². The van der Waals surface area contributed by atoms with Crippen molar-refractivity contribution in [2.75, 3.05) is 33.4 Å². The van der Waals surface area contributed by atoms with E-state index in [1.807, 2.05) is 6.07 Å². The summed E-state index contributed by atoms with van der Waals surface area (Å²) < 4.78 is 18.5. The average molecular weight is 265 g/mol. The van der Waals surface area contributed by atoms with E-state index in [2.05, 4.69) is 23.7 Å². The van der Waals surface area contributed by atoms with Crippen molar-refractivity contribution in [1.29, 1.82) is 0 Å². The number of likely N-dealkylation sites (N-methyl/N-ethyl adjacent to an activating group) is 1. The van der Waals surface area contributed by atoms with Gasteiger partial charge in [0.25, 0.3) is 0 Å². The highest BCUT2D eigenvalue weighted by Crippen LogP contribution is 2.11. The van der Waals surface area contributed by atoms with Crippen molar-refractivity contribution in [2.45, 2.75) is 13.5 Å². The summed E-state index contributed by atoms with van der Waals surface area (Å²) in [7, 11) is 1.67. The highest BCUT2D eigenvalue weighted by Gasteiger charge is 2.05. The lowest BCUT2D eigenvalue weighted by Crippen LogP contribution is -2.26. The number of rotatable bonds is 6. The number of hydrogen-bond donors (Lipinski definition) is 1. The zero-order valence-corrected chi connectivity index (χ0v) is 11.4. The Morgan fingerprint density at radius 1 is 1.37 bits per heavy atom. The van der Waals surface area contributed by atoms with Crippen molar-refractivity contribution in [2.24, 2.45) is 0 Å². The average Bonchev–Trinajstić information content (AvgIpc) is 2.40. The Balaban J connectivity index is 2.78. The molecule has 3 nitrogen and oxygen atoms in total. The molecule has 1 aromatic carbocycles. The van der Waals surface area contributed by atoms with Crippen molar-refractivity contribution >= 4 is 0 Å². The van der Waals surface area contributed by atoms with E-state index in [1.165, 1.54) is 12.1 Å². The Labute approximate surface area is 114 Å². The highest BCUT2D eigenvalue weighted by atomic mass is 19.1. The molecule has 0 spiro atoms. The minimum absolute atomic E-state index is 0.221. The molecule has 0 aliphatic heterocycles. The molecule has 0 fully saturated rings. The highest BCUT2D eigenvalue weighted by molar-refractivity contribution is 5.37. The molecule has 0 saturated heterocycles. The maximum atomic E-state index is 13.5. The third-order valence-electron chi connectivity index (χ3n) is 2.73. The molecule has 1 aromatic rings. The van der Waals surface area contributed by atoms with E-state index in [-0.39, 0.29) is 12.4 Å². The maximum absolute atomic E-state index is 13.5.